The summed E-state index contributed by atoms with van der Waals surface area (Å²) in [7, 11) is 0. The first-order chi connectivity index (χ1) is 4.16. The van der Waals surface area contributed by atoms with Crippen molar-refractivity contribution in [1.29, 1.82) is 0 Å². The van der Waals surface area contributed by atoms with Crippen LogP contribution in [-0.4, -0.2) is 35.4 Å². The standard InChI is InChI=1S/C4H6O5.2Na.2H/c5-1-4(8)9-2-3(6)7;;;;/h5H,1-2H2,(H,6,7);;;;/q;2*+1;2*-1. The Kier molecular flexibility index (Phi) is 17.7. The maximum absolute atomic E-state index is 9.98. The van der Waals surface area contributed by atoms with Crippen LogP contribution in [0.15, 0.2) is 0 Å². The second kappa shape index (κ2) is 10.9. The van der Waals surface area contributed by atoms with Gasteiger partial charge in [-0.1, -0.05) is 0 Å². The summed E-state index contributed by atoms with van der Waals surface area (Å²) in [5.74, 6) is -2.17. The summed E-state index contributed by atoms with van der Waals surface area (Å²) in [6.07, 6.45) is 0. The number of carboxylic acid groups (broad SMARTS) is 1. The van der Waals surface area contributed by atoms with Crippen molar-refractivity contribution >= 4 is 11.9 Å². The van der Waals surface area contributed by atoms with E-state index in [0.717, 1.165) is 0 Å². The summed E-state index contributed by atoms with van der Waals surface area (Å²) < 4.78 is 3.96. The zero-order chi connectivity index (χ0) is 7.28. The number of carboxylic acids is 1. The molecule has 11 heavy (non-hydrogen) atoms. The van der Waals surface area contributed by atoms with Gasteiger partial charge in [0.05, 0.1) is 0 Å². The van der Waals surface area contributed by atoms with E-state index in [1.165, 1.54) is 0 Å². The van der Waals surface area contributed by atoms with E-state index in [4.69, 9.17) is 10.2 Å². The molecule has 0 aliphatic rings. The second-order valence-corrected chi connectivity index (χ2v) is 1.21. The molecule has 0 rings (SSSR count). The zero-order valence-electron chi connectivity index (χ0n) is 8.53. The first-order valence-corrected chi connectivity index (χ1v) is 2.15. The van der Waals surface area contributed by atoms with Crippen LogP contribution in [0.1, 0.15) is 2.85 Å². The molecule has 2 N–H and O–H groups in total. The fourth-order valence-corrected chi connectivity index (χ4v) is 0.188. The Hall–Kier alpha value is 0.900. The van der Waals surface area contributed by atoms with E-state index in [1.807, 2.05) is 0 Å². The van der Waals surface area contributed by atoms with Gasteiger partial charge in [-0.2, -0.15) is 0 Å². The number of carbonyl (C=O) groups is 2. The fraction of sp³-hybridized carbons (Fsp3) is 0.500. The largest absolute Gasteiger partial charge is 1.00 e. The van der Waals surface area contributed by atoms with Gasteiger partial charge in [0.15, 0.2) is 6.61 Å². The molecule has 0 atom stereocenters. The molecular weight excluding hydrogens is 174 g/mol. The quantitative estimate of drug-likeness (QED) is 0.334. The van der Waals surface area contributed by atoms with Gasteiger partial charge in [0.25, 0.3) is 0 Å². The molecule has 0 spiro atoms. The minimum absolute atomic E-state index is 0. The molecule has 0 amide bonds. The van der Waals surface area contributed by atoms with Crippen LogP contribution in [0.2, 0.25) is 0 Å². The molecule has 7 heteroatoms. The summed E-state index contributed by atoms with van der Waals surface area (Å²) in [5, 5.41) is 15.9. The van der Waals surface area contributed by atoms with Crippen LogP contribution in [0.5, 0.6) is 0 Å². The first kappa shape index (κ1) is 17.8. The Bertz CT molecular complexity index is 134. The minimum atomic E-state index is -1.24. The average Bonchev–Trinajstić information content (AvgIpc) is 1.83. The van der Waals surface area contributed by atoms with Gasteiger partial charge in [-0.15, -0.1) is 0 Å². The molecule has 56 valence electrons. The average molecular weight is 182 g/mol. The summed E-state index contributed by atoms with van der Waals surface area (Å²) in [4.78, 5) is 19.6. The summed E-state index contributed by atoms with van der Waals surface area (Å²) >= 11 is 0. The van der Waals surface area contributed by atoms with Gasteiger partial charge in [-0.25, -0.2) is 9.59 Å². The molecule has 0 aromatic rings. The van der Waals surface area contributed by atoms with Crippen LogP contribution in [0.4, 0.5) is 0 Å². The Morgan fingerprint density at radius 2 is 1.82 bits per heavy atom. The third kappa shape index (κ3) is 13.8. The molecule has 0 bridgehead atoms. The van der Waals surface area contributed by atoms with Crippen molar-refractivity contribution in [2.75, 3.05) is 13.2 Å². The van der Waals surface area contributed by atoms with Crippen molar-refractivity contribution < 1.29 is 86.5 Å². The number of esters is 1. The maximum Gasteiger partial charge on any atom is 1.00 e. The van der Waals surface area contributed by atoms with Crippen molar-refractivity contribution in [1.82, 2.24) is 0 Å². The number of hydrogen-bond donors (Lipinski definition) is 2. The molecule has 0 aliphatic carbocycles. The zero-order valence-corrected chi connectivity index (χ0v) is 10.5. The Balaban J connectivity index is -0.0000000533. The molecule has 0 aliphatic heterocycles. The van der Waals surface area contributed by atoms with Gasteiger partial charge >= 0.3 is 71.1 Å². The number of aliphatic hydroxyl groups excluding tert-OH is 1. The summed E-state index contributed by atoms with van der Waals surface area (Å²) in [6.45, 7) is -1.48. The van der Waals surface area contributed by atoms with E-state index in [1.54, 1.807) is 0 Å². The van der Waals surface area contributed by atoms with Gasteiger partial charge in [0.2, 0.25) is 0 Å². The van der Waals surface area contributed by atoms with Crippen molar-refractivity contribution in [3.05, 3.63) is 0 Å². The van der Waals surface area contributed by atoms with Crippen LogP contribution < -0.4 is 59.1 Å². The van der Waals surface area contributed by atoms with Crippen LogP contribution in [0.3, 0.4) is 0 Å². The van der Waals surface area contributed by atoms with E-state index in [9.17, 15) is 9.59 Å². The minimum Gasteiger partial charge on any atom is -1.00 e. The number of aliphatic carboxylic acids is 1. The van der Waals surface area contributed by atoms with Gasteiger partial charge in [0, 0.05) is 0 Å². The Morgan fingerprint density at radius 1 is 1.36 bits per heavy atom. The predicted octanol–water partition coefficient (Wildman–Crippen LogP) is -7.16. The molecule has 0 radical (unpaired) electrons. The van der Waals surface area contributed by atoms with E-state index in [-0.39, 0.29) is 62.0 Å². The number of hydrogen-bond acceptors (Lipinski definition) is 4. The molecule has 0 heterocycles. The van der Waals surface area contributed by atoms with Gasteiger partial charge in [0.1, 0.15) is 6.61 Å². The SMILES string of the molecule is O=C(O)COC(=O)CO.[H-].[H-].[Na+].[Na+]. The van der Waals surface area contributed by atoms with Crippen molar-refractivity contribution in [3.8, 4) is 0 Å². The molecule has 0 saturated carbocycles. The van der Waals surface area contributed by atoms with Crippen molar-refractivity contribution in [2.24, 2.45) is 0 Å². The van der Waals surface area contributed by atoms with Gasteiger partial charge < -0.3 is 17.8 Å². The van der Waals surface area contributed by atoms with Crippen molar-refractivity contribution in [3.63, 3.8) is 0 Å². The fourth-order valence-electron chi connectivity index (χ4n) is 0.188. The van der Waals surface area contributed by atoms with E-state index in [0.29, 0.717) is 0 Å². The molecule has 0 unspecified atom stereocenters. The van der Waals surface area contributed by atoms with Gasteiger partial charge in [-0.3, -0.25) is 0 Å². The molecule has 0 fully saturated rings. The maximum atomic E-state index is 9.98. The monoisotopic (exact) mass is 182 g/mol. The number of rotatable bonds is 3. The summed E-state index contributed by atoms with van der Waals surface area (Å²) in [5.41, 5.74) is 0. The number of carbonyl (C=O) groups excluding carboxylic acids is 1. The number of aliphatic hydroxyl groups is 1. The smallest absolute Gasteiger partial charge is 1.00 e. The van der Waals surface area contributed by atoms with Crippen LogP contribution in [0.25, 0.3) is 0 Å². The topological polar surface area (TPSA) is 83.8 Å². The number of ether oxygens (including phenoxy) is 1. The van der Waals surface area contributed by atoms with E-state index < -0.39 is 25.2 Å². The van der Waals surface area contributed by atoms with Crippen LogP contribution >= 0.6 is 0 Å². The Morgan fingerprint density at radius 3 is 2.09 bits per heavy atom. The molecule has 5 nitrogen and oxygen atoms in total. The second-order valence-electron chi connectivity index (χ2n) is 1.21. The first-order valence-electron chi connectivity index (χ1n) is 2.15. The normalized spacial score (nSPS) is 7.00. The molecular formula is C4H8Na2O5. The third-order valence-electron chi connectivity index (χ3n) is 0.486. The Labute approximate surface area is 111 Å². The van der Waals surface area contributed by atoms with E-state index in [2.05, 4.69) is 4.74 Å². The third-order valence-corrected chi connectivity index (χ3v) is 0.486. The van der Waals surface area contributed by atoms with Crippen LogP contribution in [0, 0.1) is 0 Å². The molecule has 0 aromatic heterocycles. The molecule has 0 saturated heterocycles. The predicted molar refractivity (Wildman–Crippen MR) is 27.9 cm³/mol. The van der Waals surface area contributed by atoms with Crippen LogP contribution in [-0.2, 0) is 14.3 Å². The van der Waals surface area contributed by atoms with Gasteiger partial charge in [-0.05, 0) is 0 Å². The molecule has 0 aromatic carbocycles. The summed E-state index contributed by atoms with van der Waals surface area (Å²) in [6, 6.07) is 0. The van der Waals surface area contributed by atoms with Crippen molar-refractivity contribution in [2.45, 2.75) is 0 Å². The van der Waals surface area contributed by atoms with E-state index >= 15 is 0 Å².